The number of carbonyl (C=O) groups is 1. The fraction of sp³-hybridized carbons (Fsp3) is 0.400. The van der Waals surface area contributed by atoms with Gasteiger partial charge in [-0.15, -0.1) is 0 Å². The smallest absolute Gasteiger partial charge is 0.257 e. The average molecular weight is 284 g/mol. The van der Waals surface area contributed by atoms with Gasteiger partial charge in [-0.1, -0.05) is 0 Å². The van der Waals surface area contributed by atoms with Crippen molar-refractivity contribution in [2.45, 2.75) is 0 Å². The molecular formula is C15H16N4O2. The third kappa shape index (κ3) is 2.16. The highest BCUT2D eigenvalue weighted by Gasteiger charge is 2.42. The third-order valence-corrected chi connectivity index (χ3v) is 4.38. The lowest BCUT2D eigenvalue weighted by molar-refractivity contribution is 0.0782. The quantitative estimate of drug-likeness (QED) is 0.831. The van der Waals surface area contributed by atoms with E-state index in [0.29, 0.717) is 17.4 Å². The first-order valence-electron chi connectivity index (χ1n) is 7.14. The van der Waals surface area contributed by atoms with E-state index in [1.807, 2.05) is 11.0 Å². The standard InChI is InChI=1S/C15H16N4O2/c20-14(11-2-5-21-10-11)18-6-12-8-19(9-13(12)7-18)15-16-3-1-4-17-15/h1-5,10,12-13H,6-9H2/t12-,13-/m1/s1. The molecule has 2 aromatic heterocycles. The normalized spacial score (nSPS) is 24.4. The Morgan fingerprint density at radius 2 is 1.86 bits per heavy atom. The van der Waals surface area contributed by atoms with Crippen LogP contribution in [0.25, 0.3) is 0 Å². The van der Waals surface area contributed by atoms with Gasteiger partial charge in [-0.25, -0.2) is 9.97 Å². The molecule has 2 aliphatic heterocycles. The number of fused-ring (bicyclic) bond motifs is 1. The number of hydrogen-bond acceptors (Lipinski definition) is 5. The van der Waals surface area contributed by atoms with Gasteiger partial charge in [-0.3, -0.25) is 4.79 Å². The van der Waals surface area contributed by atoms with E-state index in [2.05, 4.69) is 14.9 Å². The summed E-state index contributed by atoms with van der Waals surface area (Å²) in [6, 6.07) is 3.55. The van der Waals surface area contributed by atoms with Crippen molar-refractivity contribution in [1.82, 2.24) is 14.9 Å². The molecule has 108 valence electrons. The zero-order valence-electron chi connectivity index (χ0n) is 11.6. The van der Waals surface area contributed by atoms with Crippen LogP contribution in [0.3, 0.4) is 0 Å². The Labute approximate surface area is 122 Å². The van der Waals surface area contributed by atoms with Crippen LogP contribution >= 0.6 is 0 Å². The van der Waals surface area contributed by atoms with E-state index in [4.69, 9.17) is 4.42 Å². The van der Waals surface area contributed by atoms with E-state index < -0.39 is 0 Å². The summed E-state index contributed by atoms with van der Waals surface area (Å²) in [6.45, 7) is 3.45. The minimum absolute atomic E-state index is 0.0701. The maximum Gasteiger partial charge on any atom is 0.257 e. The molecule has 0 aromatic carbocycles. The van der Waals surface area contributed by atoms with Crippen LogP contribution in [-0.4, -0.2) is 47.0 Å². The second kappa shape index (κ2) is 4.87. The average Bonchev–Trinajstić information content (AvgIpc) is 3.23. The zero-order chi connectivity index (χ0) is 14.2. The molecule has 1 amide bonds. The van der Waals surface area contributed by atoms with E-state index >= 15 is 0 Å². The van der Waals surface area contributed by atoms with E-state index in [0.717, 1.165) is 32.1 Å². The van der Waals surface area contributed by atoms with Crippen LogP contribution in [0, 0.1) is 11.8 Å². The Balaban J connectivity index is 1.43. The van der Waals surface area contributed by atoms with Crippen molar-refractivity contribution < 1.29 is 9.21 Å². The second-order valence-electron chi connectivity index (χ2n) is 5.70. The third-order valence-electron chi connectivity index (χ3n) is 4.38. The molecule has 6 heteroatoms. The maximum atomic E-state index is 12.3. The summed E-state index contributed by atoms with van der Waals surface area (Å²) < 4.78 is 4.99. The topological polar surface area (TPSA) is 62.5 Å². The summed E-state index contributed by atoms with van der Waals surface area (Å²) in [5.74, 6) is 1.87. The van der Waals surface area contributed by atoms with Gasteiger partial charge < -0.3 is 14.2 Å². The lowest BCUT2D eigenvalue weighted by atomic mass is 10.0. The number of anilines is 1. The molecule has 6 nitrogen and oxygen atoms in total. The van der Waals surface area contributed by atoms with Crippen LogP contribution < -0.4 is 4.90 Å². The Morgan fingerprint density at radius 3 is 2.48 bits per heavy atom. The van der Waals surface area contributed by atoms with Crippen LogP contribution in [0.2, 0.25) is 0 Å². The molecule has 0 radical (unpaired) electrons. The summed E-state index contributed by atoms with van der Waals surface area (Å²) >= 11 is 0. The van der Waals surface area contributed by atoms with E-state index in [1.165, 1.54) is 6.26 Å². The molecular weight excluding hydrogens is 268 g/mol. The number of carbonyl (C=O) groups excluding carboxylic acids is 1. The largest absolute Gasteiger partial charge is 0.472 e. The lowest BCUT2D eigenvalue weighted by Crippen LogP contribution is -2.33. The first-order chi connectivity index (χ1) is 10.3. The van der Waals surface area contributed by atoms with Gasteiger partial charge in [-0.05, 0) is 12.1 Å². The van der Waals surface area contributed by atoms with Crippen molar-refractivity contribution in [3.8, 4) is 0 Å². The SMILES string of the molecule is O=C(c1ccoc1)N1C[C@@H]2CN(c3ncccn3)C[C@H]2C1. The van der Waals surface area contributed by atoms with Gasteiger partial charge in [0.15, 0.2) is 0 Å². The van der Waals surface area contributed by atoms with Crippen LogP contribution in [0.1, 0.15) is 10.4 Å². The molecule has 2 aromatic rings. The molecule has 4 rings (SSSR count). The number of hydrogen-bond donors (Lipinski definition) is 0. The van der Waals surface area contributed by atoms with E-state index in [-0.39, 0.29) is 5.91 Å². The summed E-state index contributed by atoms with van der Waals surface area (Å²) in [5.41, 5.74) is 0.637. The summed E-state index contributed by atoms with van der Waals surface area (Å²) in [4.78, 5) is 25.1. The molecule has 21 heavy (non-hydrogen) atoms. The number of aromatic nitrogens is 2. The highest BCUT2D eigenvalue weighted by atomic mass is 16.3. The minimum Gasteiger partial charge on any atom is -0.472 e. The van der Waals surface area contributed by atoms with Crippen molar-refractivity contribution >= 4 is 11.9 Å². The van der Waals surface area contributed by atoms with Crippen molar-refractivity contribution in [2.24, 2.45) is 11.8 Å². The second-order valence-corrected chi connectivity index (χ2v) is 5.70. The van der Waals surface area contributed by atoms with Crippen molar-refractivity contribution in [3.05, 3.63) is 42.6 Å². The number of rotatable bonds is 2. The molecule has 0 spiro atoms. The minimum atomic E-state index is 0.0701. The highest BCUT2D eigenvalue weighted by molar-refractivity contribution is 5.94. The van der Waals surface area contributed by atoms with Gasteiger partial charge >= 0.3 is 0 Å². The zero-order valence-corrected chi connectivity index (χ0v) is 11.6. The van der Waals surface area contributed by atoms with Crippen LogP contribution in [0.15, 0.2) is 41.5 Å². The molecule has 0 bridgehead atoms. The molecule has 0 saturated carbocycles. The van der Waals surface area contributed by atoms with Crippen molar-refractivity contribution in [1.29, 1.82) is 0 Å². The van der Waals surface area contributed by atoms with Crippen molar-refractivity contribution in [2.75, 3.05) is 31.1 Å². The molecule has 2 saturated heterocycles. The Hall–Kier alpha value is -2.37. The monoisotopic (exact) mass is 284 g/mol. The predicted octanol–water partition coefficient (Wildman–Crippen LogP) is 1.28. The van der Waals surface area contributed by atoms with E-state index in [9.17, 15) is 4.79 Å². The number of amides is 1. The molecule has 2 atom stereocenters. The molecule has 2 fully saturated rings. The fourth-order valence-electron chi connectivity index (χ4n) is 3.35. The van der Waals surface area contributed by atoms with Gasteiger partial charge in [-0.2, -0.15) is 0 Å². The van der Waals surface area contributed by atoms with Crippen LogP contribution in [0.5, 0.6) is 0 Å². The summed E-state index contributed by atoms with van der Waals surface area (Å²) in [7, 11) is 0. The predicted molar refractivity (Wildman–Crippen MR) is 75.8 cm³/mol. The number of furan rings is 1. The van der Waals surface area contributed by atoms with Gasteiger partial charge in [0.05, 0.1) is 11.8 Å². The van der Waals surface area contributed by atoms with Gasteiger partial charge in [0, 0.05) is 50.4 Å². The molecule has 0 aliphatic carbocycles. The highest BCUT2D eigenvalue weighted by Crippen LogP contribution is 2.33. The van der Waals surface area contributed by atoms with Crippen LogP contribution in [-0.2, 0) is 0 Å². The Morgan fingerprint density at radius 1 is 1.14 bits per heavy atom. The summed E-state index contributed by atoms with van der Waals surface area (Å²) in [6.07, 6.45) is 6.59. The van der Waals surface area contributed by atoms with Crippen LogP contribution in [0.4, 0.5) is 5.95 Å². The molecule has 0 unspecified atom stereocenters. The lowest BCUT2D eigenvalue weighted by Gasteiger charge is -2.21. The maximum absolute atomic E-state index is 12.3. The first kappa shape index (κ1) is 12.4. The summed E-state index contributed by atoms with van der Waals surface area (Å²) in [5, 5.41) is 0. The fourth-order valence-corrected chi connectivity index (χ4v) is 3.35. The van der Waals surface area contributed by atoms with Gasteiger partial charge in [0.2, 0.25) is 5.95 Å². The first-order valence-corrected chi connectivity index (χ1v) is 7.14. The number of nitrogens with zero attached hydrogens (tertiary/aromatic N) is 4. The van der Waals surface area contributed by atoms with E-state index in [1.54, 1.807) is 24.7 Å². The molecule has 4 heterocycles. The molecule has 0 N–H and O–H groups in total. The number of likely N-dealkylation sites (tertiary alicyclic amines) is 1. The van der Waals surface area contributed by atoms with Gasteiger partial charge in [0.25, 0.3) is 5.91 Å². The molecule has 2 aliphatic rings. The Bertz CT molecular complexity index is 614. The van der Waals surface area contributed by atoms with Crippen molar-refractivity contribution in [3.63, 3.8) is 0 Å². The van der Waals surface area contributed by atoms with Gasteiger partial charge in [0.1, 0.15) is 6.26 Å². The Kier molecular flexibility index (Phi) is 2.87.